The van der Waals surface area contributed by atoms with Crippen LogP contribution in [0, 0.1) is 0 Å². The molecule has 0 unspecified atom stereocenters. The van der Waals surface area contributed by atoms with E-state index in [1.807, 2.05) is 36.5 Å². The fourth-order valence-corrected chi connectivity index (χ4v) is 2.84. The second kappa shape index (κ2) is 10.4. The van der Waals surface area contributed by atoms with Crippen molar-refractivity contribution in [3.8, 4) is 0 Å². The van der Waals surface area contributed by atoms with E-state index < -0.39 is 0 Å². The van der Waals surface area contributed by atoms with E-state index in [0.29, 0.717) is 0 Å². The van der Waals surface area contributed by atoms with Gasteiger partial charge in [-0.25, -0.2) is 0 Å². The Bertz CT molecular complexity index is 652. The molecule has 0 aromatic rings. The van der Waals surface area contributed by atoms with E-state index in [1.54, 1.807) is 0 Å². The first-order valence-electron chi connectivity index (χ1n) is 9.48. The molecule has 0 fully saturated rings. The molecule has 26 heavy (non-hydrogen) atoms. The van der Waals surface area contributed by atoms with E-state index in [2.05, 4.69) is 24.3 Å². The summed E-state index contributed by atoms with van der Waals surface area (Å²) in [7, 11) is 0. The van der Waals surface area contributed by atoms with Crippen molar-refractivity contribution in [2.45, 2.75) is 25.7 Å². The third kappa shape index (κ3) is 5.73. The number of fused-ring (bicyclic) bond motifs is 2. The van der Waals surface area contributed by atoms with Gasteiger partial charge < -0.3 is 10.6 Å². The highest BCUT2D eigenvalue weighted by molar-refractivity contribution is 6.11. The summed E-state index contributed by atoms with van der Waals surface area (Å²) in [6, 6.07) is 0. The molecule has 2 aliphatic carbocycles. The fourth-order valence-electron chi connectivity index (χ4n) is 2.84. The largest absolute Gasteiger partial charge is 0.683 e. The Morgan fingerprint density at radius 1 is 0.577 bits per heavy atom. The minimum Gasteiger partial charge on any atom is -0.683 e. The molecular weight excluding hydrogens is 320 g/mol. The Balaban J connectivity index is 1.67. The summed E-state index contributed by atoms with van der Waals surface area (Å²) < 4.78 is 0. The molecule has 0 bridgehead atoms. The van der Waals surface area contributed by atoms with Gasteiger partial charge in [0, 0.05) is 24.5 Å². The fraction of sp³-hybridized carbons (Fsp3) is 0.364. The Morgan fingerprint density at radius 2 is 1.08 bits per heavy atom. The van der Waals surface area contributed by atoms with Crippen molar-refractivity contribution >= 4 is 11.4 Å². The van der Waals surface area contributed by atoms with Gasteiger partial charge in [-0.2, -0.15) is 0 Å². The molecule has 0 spiro atoms. The van der Waals surface area contributed by atoms with Crippen molar-refractivity contribution < 1.29 is 0 Å². The van der Waals surface area contributed by atoms with Gasteiger partial charge in [0.15, 0.2) is 0 Å². The van der Waals surface area contributed by atoms with Gasteiger partial charge in [0.1, 0.15) is 0 Å². The van der Waals surface area contributed by atoms with Crippen LogP contribution in [0.5, 0.6) is 0 Å². The predicted octanol–water partition coefficient (Wildman–Crippen LogP) is 5.21. The van der Waals surface area contributed by atoms with Gasteiger partial charge in [0.05, 0.1) is 0 Å². The number of hydrogen-bond acceptors (Lipinski definition) is 2. The van der Waals surface area contributed by atoms with Gasteiger partial charge in [0.25, 0.3) is 0 Å². The van der Waals surface area contributed by atoms with Crippen LogP contribution in [0.15, 0.2) is 82.1 Å². The molecule has 0 aromatic carbocycles. The molecular formula is C22H26N4-2. The lowest BCUT2D eigenvalue weighted by Gasteiger charge is -2.26. The molecule has 0 N–H and O–H groups in total. The van der Waals surface area contributed by atoms with Crippen molar-refractivity contribution in [1.82, 2.24) is 0 Å². The first-order chi connectivity index (χ1) is 12.9. The average molecular weight is 346 g/mol. The molecule has 4 heteroatoms. The smallest absolute Gasteiger partial charge is 0.0425 e. The van der Waals surface area contributed by atoms with Crippen LogP contribution in [0.3, 0.4) is 0 Å². The van der Waals surface area contributed by atoms with Crippen molar-refractivity contribution in [3.63, 3.8) is 0 Å². The van der Waals surface area contributed by atoms with Crippen LogP contribution in [0.1, 0.15) is 25.7 Å². The molecule has 0 radical (unpaired) electrons. The summed E-state index contributed by atoms with van der Waals surface area (Å²) in [6.45, 7) is 3.23. The SMILES string of the molecule is C1=CC=C2[N-]CCCCN=C3C=CC=CC=C3[N-]CCCCN=C2C=C1. The lowest BCUT2D eigenvalue weighted by Crippen LogP contribution is -2.05. The summed E-state index contributed by atoms with van der Waals surface area (Å²) in [5.41, 5.74) is 3.95. The van der Waals surface area contributed by atoms with Crippen LogP contribution < -0.4 is 0 Å². The summed E-state index contributed by atoms with van der Waals surface area (Å²) in [6.07, 6.45) is 24.5. The topological polar surface area (TPSA) is 52.9 Å². The summed E-state index contributed by atoms with van der Waals surface area (Å²) in [5.74, 6) is 0. The minimum absolute atomic E-state index is 0.807. The van der Waals surface area contributed by atoms with E-state index in [-0.39, 0.29) is 0 Å². The van der Waals surface area contributed by atoms with Crippen LogP contribution in [-0.4, -0.2) is 37.6 Å². The molecule has 1 heterocycles. The van der Waals surface area contributed by atoms with E-state index in [0.717, 1.165) is 74.7 Å². The second-order valence-electron chi connectivity index (χ2n) is 6.30. The van der Waals surface area contributed by atoms with Gasteiger partial charge in [-0.1, -0.05) is 61.4 Å². The first-order valence-corrected chi connectivity index (χ1v) is 9.48. The van der Waals surface area contributed by atoms with Crippen LogP contribution in [0.4, 0.5) is 0 Å². The third-order valence-electron chi connectivity index (χ3n) is 4.25. The van der Waals surface area contributed by atoms with Crippen molar-refractivity contribution in [1.29, 1.82) is 0 Å². The zero-order valence-corrected chi connectivity index (χ0v) is 15.2. The predicted molar refractivity (Wildman–Crippen MR) is 112 cm³/mol. The summed E-state index contributed by atoms with van der Waals surface area (Å²) >= 11 is 0. The maximum atomic E-state index is 4.76. The maximum absolute atomic E-state index is 4.76. The molecule has 1 aliphatic heterocycles. The van der Waals surface area contributed by atoms with Gasteiger partial charge in [0.2, 0.25) is 0 Å². The van der Waals surface area contributed by atoms with Crippen LogP contribution in [0.25, 0.3) is 10.6 Å². The van der Waals surface area contributed by atoms with Gasteiger partial charge in [-0.15, -0.1) is 24.5 Å². The highest BCUT2D eigenvalue weighted by atomic mass is 14.9. The number of aliphatic imine (C=N–C) groups is 2. The normalized spacial score (nSPS) is 21.5. The molecule has 3 aliphatic rings. The number of hydrogen-bond donors (Lipinski definition) is 0. The van der Waals surface area contributed by atoms with E-state index in [4.69, 9.17) is 20.6 Å². The molecule has 0 amide bonds. The summed E-state index contributed by atoms with van der Waals surface area (Å²) in [5, 5.41) is 9.51. The van der Waals surface area contributed by atoms with Crippen LogP contribution in [0.2, 0.25) is 0 Å². The lowest BCUT2D eigenvalue weighted by atomic mass is 10.2. The van der Waals surface area contributed by atoms with E-state index >= 15 is 0 Å². The second-order valence-corrected chi connectivity index (χ2v) is 6.30. The zero-order chi connectivity index (χ0) is 17.9. The van der Waals surface area contributed by atoms with Gasteiger partial charge >= 0.3 is 0 Å². The van der Waals surface area contributed by atoms with Gasteiger partial charge in [-0.3, -0.25) is 9.98 Å². The molecule has 0 saturated heterocycles. The monoisotopic (exact) mass is 346 g/mol. The number of allylic oxidation sites excluding steroid dienone is 10. The molecule has 0 atom stereocenters. The van der Waals surface area contributed by atoms with Crippen LogP contribution in [-0.2, 0) is 0 Å². The lowest BCUT2D eigenvalue weighted by molar-refractivity contribution is 0.777. The summed E-state index contributed by atoms with van der Waals surface area (Å²) in [4.78, 5) is 9.51. The Morgan fingerprint density at radius 3 is 1.58 bits per heavy atom. The molecule has 136 valence electrons. The van der Waals surface area contributed by atoms with Crippen LogP contribution >= 0.6 is 0 Å². The Labute approximate surface area is 156 Å². The van der Waals surface area contributed by atoms with Gasteiger partial charge in [-0.05, 0) is 25.0 Å². The van der Waals surface area contributed by atoms with Crippen molar-refractivity contribution in [3.05, 3.63) is 82.8 Å². The number of nitrogens with zero attached hydrogens (tertiary/aromatic N) is 4. The minimum atomic E-state index is 0.807. The molecule has 0 aromatic heterocycles. The highest BCUT2D eigenvalue weighted by Gasteiger charge is 1.99. The first kappa shape index (κ1) is 18.2. The Kier molecular flexibility index (Phi) is 7.26. The Hall–Kier alpha value is -2.62. The van der Waals surface area contributed by atoms with Crippen molar-refractivity contribution in [2.24, 2.45) is 9.98 Å². The van der Waals surface area contributed by atoms with E-state index in [1.165, 1.54) is 0 Å². The quantitative estimate of drug-likeness (QED) is 0.578. The molecule has 0 saturated carbocycles. The average Bonchev–Trinajstić information content (AvgIpc) is 3.01. The maximum Gasteiger partial charge on any atom is 0.0425 e. The zero-order valence-electron chi connectivity index (χ0n) is 15.2. The molecule has 3 rings (SSSR count). The number of rotatable bonds is 0. The molecule has 4 nitrogen and oxygen atoms in total. The standard InChI is InChI=1S/C22H26N4/c1-3-11-19-20(12-4-1)24-16-8-10-18-26-22-14-6-2-5-13-21(22)25-17-9-7-15-23-19/h1-6,11-14H,7-10,15-18H2/q-2. The van der Waals surface area contributed by atoms with Crippen molar-refractivity contribution in [2.75, 3.05) is 26.2 Å². The van der Waals surface area contributed by atoms with E-state index in [9.17, 15) is 0 Å². The third-order valence-corrected chi connectivity index (χ3v) is 4.25. The highest BCUT2D eigenvalue weighted by Crippen LogP contribution is 2.17.